The van der Waals surface area contributed by atoms with Crippen LogP contribution in [0.25, 0.3) is 0 Å². The van der Waals surface area contributed by atoms with E-state index in [1.807, 2.05) is 13.8 Å². The Hall–Kier alpha value is -0.810. The first-order valence-corrected chi connectivity index (χ1v) is 5.07. The molecule has 0 aromatic heterocycles. The molecular weight excluding hydrogens is 182 g/mol. The van der Waals surface area contributed by atoms with E-state index in [2.05, 4.69) is 16.1 Å². The summed E-state index contributed by atoms with van der Waals surface area (Å²) >= 11 is 0. The number of hydroxylamine groups is 1. The maximum absolute atomic E-state index is 11.1. The summed E-state index contributed by atoms with van der Waals surface area (Å²) in [5, 5.41) is 5.91. The second-order valence-corrected chi connectivity index (χ2v) is 3.90. The Morgan fingerprint density at radius 1 is 1.64 bits per heavy atom. The van der Waals surface area contributed by atoms with Crippen LogP contribution in [0.3, 0.4) is 0 Å². The van der Waals surface area contributed by atoms with Gasteiger partial charge < -0.3 is 10.6 Å². The highest BCUT2D eigenvalue weighted by molar-refractivity contribution is 5.72. The summed E-state index contributed by atoms with van der Waals surface area (Å²) in [6.45, 7) is 6.42. The third-order valence-corrected chi connectivity index (χ3v) is 2.07. The highest BCUT2D eigenvalue weighted by Crippen LogP contribution is 2.06. The summed E-state index contributed by atoms with van der Waals surface area (Å²) in [5.41, 5.74) is 2.36. The maximum atomic E-state index is 11.1. The molecule has 0 bridgehead atoms. The molecule has 0 aromatic carbocycles. The molecule has 2 amide bonds. The smallest absolute Gasteiger partial charge is 0.334 e. The Kier molecular flexibility index (Phi) is 4.69. The Balaban J connectivity index is 1.99. The molecule has 5 heteroatoms. The van der Waals surface area contributed by atoms with Crippen molar-refractivity contribution in [3.63, 3.8) is 0 Å². The molecule has 5 nitrogen and oxygen atoms in total. The number of carbonyl (C=O) groups is 1. The molecule has 14 heavy (non-hydrogen) atoms. The molecule has 1 atom stereocenters. The third-order valence-electron chi connectivity index (χ3n) is 2.07. The summed E-state index contributed by atoms with van der Waals surface area (Å²) < 4.78 is 0. The topological polar surface area (TPSA) is 62.4 Å². The lowest BCUT2D eigenvalue weighted by Gasteiger charge is -2.12. The molecular formula is C9H19N3O2. The van der Waals surface area contributed by atoms with Crippen LogP contribution in [0.2, 0.25) is 0 Å². The van der Waals surface area contributed by atoms with Crippen molar-refractivity contribution in [2.24, 2.45) is 5.92 Å². The predicted molar refractivity (Wildman–Crippen MR) is 53.7 cm³/mol. The largest absolute Gasteiger partial charge is 0.338 e. The van der Waals surface area contributed by atoms with Crippen molar-refractivity contribution >= 4 is 6.03 Å². The van der Waals surface area contributed by atoms with Gasteiger partial charge in [0.15, 0.2) is 0 Å². The SMILES string of the molecule is CC(C)NC(=O)NOCC1CCNC1. The summed E-state index contributed by atoms with van der Waals surface area (Å²) in [4.78, 5) is 16.1. The standard InChI is InChI=1S/C9H19N3O2/c1-7(2)11-9(13)12-14-6-8-3-4-10-5-8/h7-8,10H,3-6H2,1-2H3,(H2,11,12,13). The molecule has 0 spiro atoms. The second kappa shape index (κ2) is 5.82. The van der Waals surface area contributed by atoms with Crippen LogP contribution in [0, 0.1) is 5.92 Å². The van der Waals surface area contributed by atoms with Crippen LogP contribution >= 0.6 is 0 Å². The quantitative estimate of drug-likeness (QED) is 0.571. The molecule has 1 unspecified atom stereocenters. The van der Waals surface area contributed by atoms with Gasteiger partial charge in [-0.3, -0.25) is 4.84 Å². The fourth-order valence-corrected chi connectivity index (χ4v) is 1.37. The lowest BCUT2D eigenvalue weighted by molar-refractivity contribution is 0.0403. The molecule has 0 saturated carbocycles. The van der Waals surface area contributed by atoms with Gasteiger partial charge in [0.05, 0.1) is 6.61 Å². The van der Waals surface area contributed by atoms with Crippen LogP contribution in [0.4, 0.5) is 4.79 Å². The Morgan fingerprint density at radius 3 is 3.00 bits per heavy atom. The molecule has 0 aliphatic carbocycles. The van der Waals surface area contributed by atoms with Gasteiger partial charge in [0.2, 0.25) is 0 Å². The van der Waals surface area contributed by atoms with E-state index >= 15 is 0 Å². The van der Waals surface area contributed by atoms with Crippen molar-refractivity contribution in [1.29, 1.82) is 0 Å². The highest BCUT2D eigenvalue weighted by atomic mass is 16.7. The van der Waals surface area contributed by atoms with Gasteiger partial charge in [-0.25, -0.2) is 10.3 Å². The fraction of sp³-hybridized carbons (Fsp3) is 0.889. The number of nitrogens with one attached hydrogen (secondary N) is 3. The molecule has 1 saturated heterocycles. The number of hydrogen-bond donors (Lipinski definition) is 3. The van der Waals surface area contributed by atoms with E-state index in [0.29, 0.717) is 12.5 Å². The minimum atomic E-state index is -0.272. The van der Waals surface area contributed by atoms with Gasteiger partial charge in [-0.05, 0) is 32.7 Å². The summed E-state index contributed by atoms with van der Waals surface area (Å²) in [6.07, 6.45) is 1.12. The lowest BCUT2D eigenvalue weighted by atomic mass is 10.1. The maximum Gasteiger partial charge on any atom is 0.338 e. The second-order valence-electron chi connectivity index (χ2n) is 3.90. The first kappa shape index (κ1) is 11.3. The van der Waals surface area contributed by atoms with Crippen molar-refractivity contribution in [2.75, 3.05) is 19.7 Å². The van der Waals surface area contributed by atoms with Crippen molar-refractivity contribution in [1.82, 2.24) is 16.1 Å². The summed E-state index contributed by atoms with van der Waals surface area (Å²) in [5.74, 6) is 0.523. The zero-order valence-electron chi connectivity index (χ0n) is 8.80. The van der Waals surface area contributed by atoms with E-state index < -0.39 is 0 Å². The van der Waals surface area contributed by atoms with Crippen LogP contribution in [-0.2, 0) is 4.84 Å². The molecule has 1 heterocycles. The minimum absolute atomic E-state index is 0.131. The van der Waals surface area contributed by atoms with E-state index in [0.717, 1.165) is 19.5 Å². The zero-order chi connectivity index (χ0) is 10.4. The molecule has 0 aromatic rings. The van der Waals surface area contributed by atoms with Gasteiger partial charge in [-0.15, -0.1) is 0 Å². The van der Waals surface area contributed by atoms with Crippen LogP contribution in [0.15, 0.2) is 0 Å². The van der Waals surface area contributed by atoms with Gasteiger partial charge in [0.25, 0.3) is 0 Å². The first-order valence-electron chi connectivity index (χ1n) is 5.07. The third kappa shape index (κ3) is 4.43. The van der Waals surface area contributed by atoms with Crippen LogP contribution < -0.4 is 16.1 Å². The minimum Gasteiger partial charge on any atom is -0.334 e. The Bertz CT molecular complexity index is 179. The van der Waals surface area contributed by atoms with Crippen molar-refractivity contribution in [2.45, 2.75) is 26.3 Å². The molecule has 1 rings (SSSR count). The highest BCUT2D eigenvalue weighted by Gasteiger charge is 2.14. The van der Waals surface area contributed by atoms with Crippen molar-refractivity contribution in [3.05, 3.63) is 0 Å². The van der Waals surface area contributed by atoms with Crippen LogP contribution in [-0.4, -0.2) is 31.8 Å². The number of rotatable bonds is 4. The monoisotopic (exact) mass is 201 g/mol. The first-order chi connectivity index (χ1) is 6.68. The summed E-state index contributed by atoms with van der Waals surface area (Å²) in [7, 11) is 0. The van der Waals surface area contributed by atoms with Gasteiger partial charge in [0, 0.05) is 12.6 Å². The Morgan fingerprint density at radius 2 is 2.43 bits per heavy atom. The number of urea groups is 1. The summed E-state index contributed by atoms with van der Waals surface area (Å²) in [6, 6.07) is -0.141. The van der Waals surface area contributed by atoms with E-state index in [1.54, 1.807) is 0 Å². The molecule has 82 valence electrons. The van der Waals surface area contributed by atoms with E-state index in [-0.39, 0.29) is 12.1 Å². The predicted octanol–water partition coefficient (Wildman–Crippen LogP) is 0.235. The molecule has 1 fully saturated rings. The van der Waals surface area contributed by atoms with E-state index in [4.69, 9.17) is 4.84 Å². The average molecular weight is 201 g/mol. The molecule has 1 aliphatic heterocycles. The van der Waals surface area contributed by atoms with Crippen molar-refractivity contribution < 1.29 is 9.63 Å². The van der Waals surface area contributed by atoms with Gasteiger partial charge >= 0.3 is 6.03 Å². The van der Waals surface area contributed by atoms with Crippen LogP contribution in [0.1, 0.15) is 20.3 Å². The number of hydrogen-bond acceptors (Lipinski definition) is 3. The van der Waals surface area contributed by atoms with Gasteiger partial charge in [-0.2, -0.15) is 0 Å². The zero-order valence-corrected chi connectivity index (χ0v) is 8.80. The van der Waals surface area contributed by atoms with Crippen molar-refractivity contribution in [3.8, 4) is 0 Å². The number of amides is 2. The average Bonchev–Trinajstić information content (AvgIpc) is 2.55. The van der Waals surface area contributed by atoms with Gasteiger partial charge in [0.1, 0.15) is 0 Å². The molecule has 3 N–H and O–H groups in total. The Labute approximate surface area is 84.5 Å². The normalized spacial score (nSPS) is 21.2. The van der Waals surface area contributed by atoms with E-state index in [1.165, 1.54) is 0 Å². The van der Waals surface area contributed by atoms with E-state index in [9.17, 15) is 4.79 Å². The van der Waals surface area contributed by atoms with Crippen LogP contribution in [0.5, 0.6) is 0 Å². The molecule has 0 radical (unpaired) electrons. The van der Waals surface area contributed by atoms with Gasteiger partial charge in [-0.1, -0.05) is 0 Å². The number of carbonyl (C=O) groups excluding carboxylic acids is 1. The lowest BCUT2D eigenvalue weighted by Crippen LogP contribution is -2.40. The molecule has 1 aliphatic rings. The fourth-order valence-electron chi connectivity index (χ4n) is 1.37.